The number of carbonyl (C=O) groups is 1. The first kappa shape index (κ1) is 9.85. The average molecular weight is 183 g/mol. The first-order chi connectivity index (χ1) is 5.88. The van der Waals surface area contributed by atoms with E-state index in [1.807, 2.05) is 20.8 Å². The van der Waals surface area contributed by atoms with E-state index in [1.165, 1.54) is 0 Å². The van der Waals surface area contributed by atoms with Crippen molar-refractivity contribution in [3.05, 3.63) is 0 Å². The van der Waals surface area contributed by atoms with Gasteiger partial charge in [-0.2, -0.15) is 0 Å². The Kier molecular flexibility index (Phi) is 2.47. The van der Waals surface area contributed by atoms with Crippen LogP contribution in [0.5, 0.6) is 0 Å². The molecule has 1 aliphatic rings. The molecular formula is C8H13N3O2. The number of carbonyl (C=O) groups excluding carboxylic acids is 1. The minimum absolute atomic E-state index is 0.113. The van der Waals surface area contributed by atoms with Crippen LogP contribution >= 0.6 is 0 Å². The van der Waals surface area contributed by atoms with E-state index in [-0.39, 0.29) is 29.8 Å². The minimum atomic E-state index is -0.339. The number of rotatable bonds is 2. The van der Waals surface area contributed by atoms with Gasteiger partial charge in [0.05, 0.1) is 12.2 Å². The third-order valence-electron chi connectivity index (χ3n) is 1.38. The van der Waals surface area contributed by atoms with Crippen molar-refractivity contribution < 1.29 is 9.53 Å². The lowest BCUT2D eigenvalue weighted by Gasteiger charge is -2.18. The first-order valence-electron chi connectivity index (χ1n) is 4.00. The maximum Gasteiger partial charge on any atom is 0.274 e. The zero-order chi connectivity index (χ0) is 10.1. The number of ether oxygens (including phenoxy) is 1. The van der Waals surface area contributed by atoms with Crippen LogP contribution < -0.4 is 5.32 Å². The van der Waals surface area contributed by atoms with E-state index in [9.17, 15) is 4.79 Å². The van der Waals surface area contributed by atoms with Crippen molar-refractivity contribution in [3.63, 3.8) is 0 Å². The fourth-order valence-corrected chi connectivity index (χ4v) is 0.776. The molecule has 5 heteroatoms. The molecule has 0 fully saturated rings. The highest BCUT2D eigenvalue weighted by atomic mass is 16.5. The number of nitrogens with zero attached hydrogens (tertiary/aromatic N) is 1. The van der Waals surface area contributed by atoms with Gasteiger partial charge >= 0.3 is 0 Å². The molecule has 0 spiro atoms. The molecule has 0 radical (unpaired) electrons. The molecule has 0 atom stereocenters. The summed E-state index contributed by atoms with van der Waals surface area (Å²) in [7, 11) is 0. The predicted octanol–water partition coefficient (Wildman–Crippen LogP) is 0.307. The number of hydrogen-bond acceptors (Lipinski definition) is 3. The molecule has 1 amide bonds. The number of hydrogen-bond donors (Lipinski definition) is 2. The Hall–Kier alpha value is -1.23. The Bertz CT molecular complexity index is 276. The molecule has 0 saturated heterocycles. The maximum atomic E-state index is 11.0. The molecular weight excluding hydrogens is 170 g/mol. The Balaban J connectivity index is 2.51. The lowest BCUT2D eigenvalue weighted by atomic mass is 10.2. The number of nitrogens with one attached hydrogen (secondary N) is 2. The van der Waals surface area contributed by atoms with E-state index < -0.39 is 0 Å². The molecule has 1 aliphatic heterocycles. The highest BCUT2D eigenvalue weighted by molar-refractivity contribution is 6.47. The van der Waals surface area contributed by atoms with Crippen molar-refractivity contribution in [1.82, 2.24) is 5.32 Å². The number of aliphatic imine (C=N–C) groups is 1. The van der Waals surface area contributed by atoms with E-state index in [0.29, 0.717) is 0 Å². The van der Waals surface area contributed by atoms with Crippen molar-refractivity contribution in [2.24, 2.45) is 4.99 Å². The summed E-state index contributed by atoms with van der Waals surface area (Å²) in [5.74, 6) is -0.452. The van der Waals surface area contributed by atoms with Crippen LogP contribution in [0.1, 0.15) is 20.8 Å². The van der Waals surface area contributed by atoms with Crippen LogP contribution in [0, 0.1) is 5.41 Å². The number of guanidine groups is 1. The summed E-state index contributed by atoms with van der Waals surface area (Å²) in [5.41, 5.74) is -0.0342. The van der Waals surface area contributed by atoms with Gasteiger partial charge in [0.1, 0.15) is 5.71 Å². The van der Waals surface area contributed by atoms with Crippen molar-refractivity contribution in [2.75, 3.05) is 6.61 Å². The molecule has 0 aromatic heterocycles. The molecule has 0 aliphatic carbocycles. The lowest BCUT2D eigenvalue weighted by molar-refractivity contribution is -0.113. The second-order valence-corrected chi connectivity index (χ2v) is 3.76. The van der Waals surface area contributed by atoms with Crippen LogP contribution in [0.3, 0.4) is 0 Å². The summed E-state index contributed by atoms with van der Waals surface area (Å²) in [6.07, 6.45) is 0. The van der Waals surface area contributed by atoms with Gasteiger partial charge in [-0.25, -0.2) is 4.99 Å². The summed E-state index contributed by atoms with van der Waals surface area (Å²) in [6, 6.07) is 0. The molecule has 1 heterocycles. The maximum absolute atomic E-state index is 11.0. The largest absolute Gasteiger partial charge is 0.369 e. The summed E-state index contributed by atoms with van der Waals surface area (Å²) in [5, 5.41) is 9.33. The Labute approximate surface area is 76.7 Å². The zero-order valence-corrected chi connectivity index (χ0v) is 7.97. The Morgan fingerprint density at radius 1 is 1.54 bits per heavy atom. The second-order valence-electron chi connectivity index (χ2n) is 3.76. The van der Waals surface area contributed by atoms with Gasteiger partial charge in [-0.15, -0.1) is 0 Å². The summed E-state index contributed by atoms with van der Waals surface area (Å²) < 4.78 is 5.34. The predicted molar refractivity (Wildman–Crippen MR) is 49.0 cm³/mol. The van der Waals surface area contributed by atoms with Gasteiger partial charge in [0.2, 0.25) is 5.96 Å². The van der Waals surface area contributed by atoms with Gasteiger partial charge in [-0.05, 0) is 20.8 Å². The molecule has 0 aromatic rings. The highest BCUT2D eigenvalue weighted by Gasteiger charge is 2.22. The van der Waals surface area contributed by atoms with Crippen molar-refractivity contribution >= 4 is 17.6 Å². The SMILES string of the molecule is CC(C)(C)OCC1=NC(=N)NC1=O. The van der Waals surface area contributed by atoms with Crippen LogP contribution in [0.4, 0.5) is 0 Å². The third kappa shape index (κ3) is 2.95. The van der Waals surface area contributed by atoms with Gasteiger partial charge in [0, 0.05) is 0 Å². The van der Waals surface area contributed by atoms with Crippen LogP contribution in [-0.4, -0.2) is 29.8 Å². The molecule has 0 unspecified atom stereocenters. The monoisotopic (exact) mass is 183 g/mol. The van der Waals surface area contributed by atoms with E-state index in [4.69, 9.17) is 10.1 Å². The fourth-order valence-electron chi connectivity index (χ4n) is 0.776. The topological polar surface area (TPSA) is 74.5 Å². The van der Waals surface area contributed by atoms with E-state index in [0.717, 1.165) is 0 Å². The standard InChI is InChI=1S/C8H13N3O2/c1-8(2,3)13-4-5-6(12)11-7(9)10-5/h4H2,1-3H3,(H2,9,11,12). The molecule has 0 saturated carbocycles. The Morgan fingerprint density at radius 3 is 2.54 bits per heavy atom. The van der Waals surface area contributed by atoms with Gasteiger partial charge < -0.3 is 4.74 Å². The minimum Gasteiger partial charge on any atom is -0.369 e. The smallest absolute Gasteiger partial charge is 0.274 e. The van der Waals surface area contributed by atoms with Crippen molar-refractivity contribution in [1.29, 1.82) is 5.41 Å². The van der Waals surface area contributed by atoms with Gasteiger partial charge in [0.15, 0.2) is 0 Å². The molecule has 5 nitrogen and oxygen atoms in total. The molecule has 72 valence electrons. The van der Waals surface area contributed by atoms with Crippen molar-refractivity contribution in [2.45, 2.75) is 26.4 Å². The van der Waals surface area contributed by atoms with E-state index in [2.05, 4.69) is 10.3 Å². The lowest BCUT2D eigenvalue weighted by Crippen LogP contribution is -2.31. The van der Waals surface area contributed by atoms with E-state index in [1.54, 1.807) is 0 Å². The van der Waals surface area contributed by atoms with Gasteiger partial charge in [0.25, 0.3) is 5.91 Å². The van der Waals surface area contributed by atoms with Crippen LogP contribution in [0.2, 0.25) is 0 Å². The molecule has 2 N–H and O–H groups in total. The molecule has 13 heavy (non-hydrogen) atoms. The molecule has 0 bridgehead atoms. The second kappa shape index (κ2) is 3.26. The van der Waals surface area contributed by atoms with Crippen LogP contribution in [0.15, 0.2) is 4.99 Å². The van der Waals surface area contributed by atoms with Crippen molar-refractivity contribution in [3.8, 4) is 0 Å². The van der Waals surface area contributed by atoms with Gasteiger partial charge in [-0.3, -0.25) is 15.5 Å². The van der Waals surface area contributed by atoms with Crippen LogP contribution in [0.25, 0.3) is 0 Å². The zero-order valence-electron chi connectivity index (χ0n) is 7.97. The normalized spacial score (nSPS) is 17.3. The first-order valence-corrected chi connectivity index (χ1v) is 4.00. The Morgan fingerprint density at radius 2 is 2.15 bits per heavy atom. The number of amides is 1. The highest BCUT2D eigenvalue weighted by Crippen LogP contribution is 2.07. The summed E-state index contributed by atoms with van der Waals surface area (Å²) >= 11 is 0. The quantitative estimate of drug-likeness (QED) is 0.646. The molecule has 0 aromatic carbocycles. The van der Waals surface area contributed by atoms with E-state index >= 15 is 0 Å². The molecule has 1 rings (SSSR count). The van der Waals surface area contributed by atoms with Gasteiger partial charge in [-0.1, -0.05) is 0 Å². The third-order valence-corrected chi connectivity index (χ3v) is 1.38. The fraction of sp³-hybridized carbons (Fsp3) is 0.625. The average Bonchev–Trinajstić information content (AvgIpc) is 2.24. The van der Waals surface area contributed by atoms with Crippen LogP contribution in [-0.2, 0) is 9.53 Å². The summed E-state index contributed by atoms with van der Waals surface area (Å²) in [6.45, 7) is 5.83. The summed E-state index contributed by atoms with van der Waals surface area (Å²) in [4.78, 5) is 14.7.